The van der Waals surface area contributed by atoms with Crippen molar-refractivity contribution in [2.24, 2.45) is 0 Å². The highest BCUT2D eigenvalue weighted by molar-refractivity contribution is 7.71. The van der Waals surface area contributed by atoms with Gasteiger partial charge < -0.3 is 10.4 Å². The van der Waals surface area contributed by atoms with E-state index in [-0.39, 0.29) is 18.1 Å². The van der Waals surface area contributed by atoms with E-state index in [1.54, 1.807) is 0 Å². The molecular weight excluding hydrogens is 336 g/mol. The zero-order chi connectivity index (χ0) is 17.8. The molecule has 2 aromatic rings. The van der Waals surface area contributed by atoms with Crippen LogP contribution < -0.4 is 5.32 Å². The van der Waals surface area contributed by atoms with Crippen LogP contribution in [-0.2, 0) is 11.3 Å². The van der Waals surface area contributed by atoms with Gasteiger partial charge in [-0.2, -0.15) is 5.10 Å². The molecule has 0 saturated heterocycles. The number of hydrogen-bond acceptors (Lipinski definition) is 4. The van der Waals surface area contributed by atoms with Crippen molar-refractivity contribution in [2.45, 2.75) is 57.7 Å². The largest absolute Gasteiger partial charge is 0.393 e. The number of aromatic amines is 1. The van der Waals surface area contributed by atoms with Gasteiger partial charge in [0.15, 0.2) is 10.6 Å². The highest BCUT2D eigenvalue weighted by Gasteiger charge is 2.20. The van der Waals surface area contributed by atoms with Crippen molar-refractivity contribution in [1.82, 2.24) is 20.1 Å². The lowest BCUT2D eigenvalue weighted by Crippen LogP contribution is -2.38. The van der Waals surface area contributed by atoms with Crippen molar-refractivity contribution in [3.63, 3.8) is 0 Å². The van der Waals surface area contributed by atoms with Crippen LogP contribution in [0, 0.1) is 11.7 Å². The van der Waals surface area contributed by atoms with Crippen molar-refractivity contribution >= 4 is 18.1 Å². The first-order valence-corrected chi connectivity index (χ1v) is 9.13. The third-order valence-electron chi connectivity index (χ3n) is 4.66. The van der Waals surface area contributed by atoms with Crippen LogP contribution in [0.25, 0.3) is 11.4 Å². The molecule has 0 radical (unpaired) electrons. The Balaban J connectivity index is 1.62. The number of H-pyrrole nitrogens is 1. The molecule has 1 saturated carbocycles. The van der Waals surface area contributed by atoms with E-state index in [0.717, 1.165) is 42.6 Å². The van der Waals surface area contributed by atoms with Gasteiger partial charge in [-0.3, -0.25) is 14.5 Å². The van der Waals surface area contributed by atoms with Crippen LogP contribution in [0.5, 0.6) is 0 Å². The van der Waals surface area contributed by atoms with E-state index >= 15 is 0 Å². The third kappa shape index (κ3) is 4.55. The van der Waals surface area contributed by atoms with E-state index in [4.69, 9.17) is 12.2 Å². The van der Waals surface area contributed by atoms with E-state index in [1.807, 2.05) is 29.7 Å². The minimum Gasteiger partial charge on any atom is -0.393 e. The van der Waals surface area contributed by atoms with Crippen molar-refractivity contribution in [3.05, 3.63) is 34.6 Å². The lowest BCUT2D eigenvalue weighted by molar-refractivity contribution is -0.122. The molecule has 134 valence electrons. The number of aromatic nitrogens is 3. The highest BCUT2D eigenvalue weighted by atomic mass is 32.1. The van der Waals surface area contributed by atoms with Gasteiger partial charge in [0.2, 0.25) is 5.91 Å². The first kappa shape index (κ1) is 17.8. The van der Waals surface area contributed by atoms with Crippen LogP contribution in [0.4, 0.5) is 0 Å². The maximum Gasteiger partial charge on any atom is 0.222 e. The van der Waals surface area contributed by atoms with Crippen molar-refractivity contribution in [2.75, 3.05) is 0 Å². The average molecular weight is 360 g/mol. The predicted molar refractivity (Wildman–Crippen MR) is 98.6 cm³/mol. The zero-order valence-electron chi connectivity index (χ0n) is 14.4. The van der Waals surface area contributed by atoms with Gasteiger partial charge in [-0.1, -0.05) is 23.8 Å². The van der Waals surface area contributed by atoms with Gasteiger partial charge in [-0.05, 0) is 50.9 Å². The molecule has 1 aromatic carbocycles. The number of carbonyl (C=O) groups excluding carboxylic acids is 1. The number of amides is 1. The van der Waals surface area contributed by atoms with Crippen LogP contribution in [0.15, 0.2) is 24.3 Å². The summed E-state index contributed by atoms with van der Waals surface area (Å²) in [7, 11) is 0. The summed E-state index contributed by atoms with van der Waals surface area (Å²) in [6.45, 7) is 2.52. The van der Waals surface area contributed by atoms with Crippen molar-refractivity contribution in [3.8, 4) is 11.4 Å². The number of aryl methyl sites for hydroxylation is 1. The van der Waals surface area contributed by atoms with Gasteiger partial charge in [0.25, 0.3) is 0 Å². The average Bonchev–Trinajstić information content (AvgIpc) is 2.96. The summed E-state index contributed by atoms with van der Waals surface area (Å²) in [5.41, 5.74) is 2.13. The van der Waals surface area contributed by atoms with Crippen LogP contribution in [0.1, 0.15) is 37.7 Å². The fourth-order valence-electron chi connectivity index (χ4n) is 3.26. The molecule has 25 heavy (non-hydrogen) atoms. The van der Waals surface area contributed by atoms with Gasteiger partial charge in [0, 0.05) is 24.6 Å². The normalized spacial score (nSPS) is 20.4. The molecule has 1 heterocycles. The van der Waals surface area contributed by atoms with Gasteiger partial charge in [0.05, 0.1) is 6.10 Å². The number of nitrogens with zero attached hydrogens (tertiary/aromatic N) is 2. The monoisotopic (exact) mass is 360 g/mol. The van der Waals surface area contributed by atoms with E-state index in [0.29, 0.717) is 17.7 Å². The molecule has 1 aromatic heterocycles. The van der Waals surface area contributed by atoms with Crippen molar-refractivity contribution in [1.29, 1.82) is 0 Å². The standard InChI is InChI=1S/C18H24N4O2S/c1-12-3-2-4-13(11-12)17-20-21-18(25)22(17)10-9-16(24)19-14-5-7-15(23)8-6-14/h2-4,11,14-15,23H,5-10H2,1H3,(H,19,24)(H,21,25). The lowest BCUT2D eigenvalue weighted by Gasteiger charge is -2.26. The molecular formula is C18H24N4O2S. The number of hydrogen-bond donors (Lipinski definition) is 3. The highest BCUT2D eigenvalue weighted by Crippen LogP contribution is 2.20. The molecule has 0 unspecified atom stereocenters. The van der Waals surface area contributed by atoms with Gasteiger partial charge >= 0.3 is 0 Å². The summed E-state index contributed by atoms with van der Waals surface area (Å²) in [5, 5.41) is 19.7. The number of aliphatic hydroxyl groups is 1. The molecule has 3 N–H and O–H groups in total. The number of aliphatic hydroxyl groups excluding tert-OH is 1. The SMILES string of the molecule is Cc1cccc(-c2n[nH]c(=S)n2CCC(=O)NC2CCC(O)CC2)c1. The Bertz CT molecular complexity index is 790. The lowest BCUT2D eigenvalue weighted by atomic mass is 9.93. The zero-order valence-corrected chi connectivity index (χ0v) is 15.2. The Labute approximate surface area is 152 Å². The Morgan fingerprint density at radius 2 is 2.16 bits per heavy atom. The number of rotatable bonds is 5. The van der Waals surface area contributed by atoms with Crippen molar-refractivity contribution < 1.29 is 9.90 Å². The summed E-state index contributed by atoms with van der Waals surface area (Å²) in [6, 6.07) is 8.22. The van der Waals surface area contributed by atoms with Crippen LogP contribution in [-0.4, -0.2) is 37.9 Å². The molecule has 0 atom stereocenters. The van der Waals surface area contributed by atoms with Gasteiger partial charge in [0.1, 0.15) is 0 Å². The summed E-state index contributed by atoms with van der Waals surface area (Å²) in [4.78, 5) is 12.2. The second-order valence-corrected chi connectivity index (χ2v) is 7.08. The minimum absolute atomic E-state index is 0.0136. The van der Waals surface area contributed by atoms with E-state index in [2.05, 4.69) is 21.6 Å². The molecule has 6 nitrogen and oxygen atoms in total. The Kier molecular flexibility index (Phi) is 5.65. The smallest absolute Gasteiger partial charge is 0.222 e. The van der Waals surface area contributed by atoms with E-state index in [1.165, 1.54) is 0 Å². The van der Waals surface area contributed by atoms with Crippen LogP contribution in [0.2, 0.25) is 0 Å². The fourth-order valence-corrected chi connectivity index (χ4v) is 3.49. The molecule has 3 rings (SSSR count). The molecule has 7 heteroatoms. The number of carbonyl (C=O) groups is 1. The molecule has 1 fully saturated rings. The molecule has 0 bridgehead atoms. The number of nitrogens with one attached hydrogen (secondary N) is 2. The fraction of sp³-hybridized carbons (Fsp3) is 0.500. The molecule has 1 amide bonds. The maximum absolute atomic E-state index is 12.2. The Morgan fingerprint density at radius 3 is 2.88 bits per heavy atom. The topological polar surface area (TPSA) is 82.9 Å². The number of benzene rings is 1. The molecule has 1 aliphatic carbocycles. The quantitative estimate of drug-likeness (QED) is 0.716. The predicted octanol–water partition coefficient (Wildman–Crippen LogP) is 2.73. The summed E-state index contributed by atoms with van der Waals surface area (Å²) < 4.78 is 2.39. The second kappa shape index (κ2) is 7.93. The van der Waals surface area contributed by atoms with Gasteiger partial charge in [-0.15, -0.1) is 0 Å². The Morgan fingerprint density at radius 1 is 1.40 bits per heavy atom. The Hall–Kier alpha value is -1.99. The first-order valence-electron chi connectivity index (χ1n) is 8.72. The molecule has 0 spiro atoms. The third-order valence-corrected chi connectivity index (χ3v) is 4.97. The van der Waals surface area contributed by atoms with Gasteiger partial charge in [-0.25, -0.2) is 0 Å². The molecule has 1 aliphatic rings. The minimum atomic E-state index is -0.214. The summed E-state index contributed by atoms with van der Waals surface area (Å²) >= 11 is 5.32. The molecule has 0 aliphatic heterocycles. The van der Waals surface area contributed by atoms with Crippen LogP contribution in [0.3, 0.4) is 0 Å². The summed E-state index contributed by atoms with van der Waals surface area (Å²) in [6.07, 6.45) is 3.34. The summed E-state index contributed by atoms with van der Waals surface area (Å²) in [5.74, 6) is 0.766. The van der Waals surface area contributed by atoms with Crippen LogP contribution >= 0.6 is 12.2 Å². The first-order chi connectivity index (χ1) is 12.0. The maximum atomic E-state index is 12.2. The van der Waals surface area contributed by atoms with E-state index < -0.39 is 0 Å². The van der Waals surface area contributed by atoms with E-state index in [9.17, 15) is 9.90 Å². The second-order valence-electron chi connectivity index (χ2n) is 6.70.